The van der Waals surface area contributed by atoms with E-state index in [4.69, 9.17) is 19.2 Å². The molecular weight excluding hydrogens is 460 g/mol. The summed E-state index contributed by atoms with van der Waals surface area (Å²) in [7, 11) is 3.16. The maximum atomic E-state index is 12.8. The van der Waals surface area contributed by atoms with Gasteiger partial charge in [-0.05, 0) is 55.3 Å². The number of rotatable bonds is 8. The van der Waals surface area contributed by atoms with Crippen LogP contribution >= 0.6 is 0 Å². The molecule has 0 aliphatic rings. The minimum absolute atomic E-state index is 0.114. The molecule has 4 aromatic rings. The molecule has 2 aromatic carbocycles. The van der Waals surface area contributed by atoms with Gasteiger partial charge < -0.3 is 19.5 Å². The second kappa shape index (κ2) is 10.7. The van der Waals surface area contributed by atoms with Crippen molar-refractivity contribution in [3.05, 3.63) is 77.5 Å². The zero-order valence-corrected chi connectivity index (χ0v) is 20.4. The molecule has 9 nitrogen and oxygen atoms in total. The first-order valence-electron chi connectivity index (χ1n) is 11.3. The average Bonchev–Trinajstić information content (AvgIpc) is 3.31. The number of esters is 1. The van der Waals surface area contributed by atoms with Crippen LogP contribution in [0.15, 0.2) is 60.8 Å². The maximum Gasteiger partial charge on any atom is 0.343 e. The number of anilines is 1. The Morgan fingerprint density at radius 1 is 1.08 bits per heavy atom. The fourth-order valence-corrected chi connectivity index (χ4v) is 3.69. The van der Waals surface area contributed by atoms with E-state index in [1.807, 2.05) is 43.3 Å². The lowest BCUT2D eigenvalue weighted by Gasteiger charge is -2.12. The number of nitrogens with one attached hydrogen (secondary N) is 1. The highest BCUT2D eigenvalue weighted by atomic mass is 16.5. The van der Waals surface area contributed by atoms with Gasteiger partial charge >= 0.3 is 5.97 Å². The van der Waals surface area contributed by atoms with Crippen LogP contribution in [0.2, 0.25) is 0 Å². The van der Waals surface area contributed by atoms with E-state index in [1.165, 1.54) is 17.0 Å². The van der Waals surface area contributed by atoms with Gasteiger partial charge in [-0.15, -0.1) is 0 Å². The number of aromatic nitrogens is 3. The zero-order chi connectivity index (χ0) is 25.7. The van der Waals surface area contributed by atoms with E-state index in [1.54, 1.807) is 39.4 Å². The number of benzene rings is 2. The Morgan fingerprint density at radius 3 is 2.56 bits per heavy atom. The Morgan fingerprint density at radius 2 is 1.86 bits per heavy atom. The second-order valence-corrected chi connectivity index (χ2v) is 7.79. The Balaban J connectivity index is 1.73. The Labute approximate surface area is 208 Å². The van der Waals surface area contributed by atoms with Crippen LogP contribution in [-0.2, 0) is 9.53 Å². The SMILES string of the molecule is CCOC(=O)c1cnn(-c2cc(C)c3cccc(OC)c3n2)c1NC(=O)/C=C/c1ccc(OC)cc1. The highest BCUT2D eigenvalue weighted by Gasteiger charge is 2.22. The molecule has 1 N–H and O–H groups in total. The first kappa shape index (κ1) is 24.5. The van der Waals surface area contributed by atoms with Crippen LogP contribution in [0.5, 0.6) is 11.5 Å². The number of para-hydroxylation sites is 1. The van der Waals surface area contributed by atoms with E-state index < -0.39 is 11.9 Å². The standard InChI is InChI=1S/C27H26N4O5/c1-5-36-27(33)21-16-28-31(23-15-17(2)20-7-6-8-22(35-4)25(20)29-23)26(21)30-24(32)14-11-18-9-12-19(34-3)13-10-18/h6-16H,5H2,1-4H3,(H,30,32)/b14-11+. The minimum atomic E-state index is -0.603. The molecule has 0 saturated heterocycles. The topological polar surface area (TPSA) is 105 Å². The monoisotopic (exact) mass is 486 g/mol. The largest absolute Gasteiger partial charge is 0.497 e. The number of ether oxygens (including phenoxy) is 3. The molecule has 9 heteroatoms. The van der Waals surface area contributed by atoms with E-state index in [0.29, 0.717) is 17.1 Å². The third kappa shape index (κ3) is 5.05. The van der Waals surface area contributed by atoms with Crippen molar-refractivity contribution in [2.24, 2.45) is 0 Å². The van der Waals surface area contributed by atoms with Gasteiger partial charge in [-0.2, -0.15) is 9.78 Å². The van der Waals surface area contributed by atoms with Gasteiger partial charge in [0, 0.05) is 11.5 Å². The third-order valence-electron chi connectivity index (χ3n) is 5.48. The second-order valence-electron chi connectivity index (χ2n) is 7.79. The first-order valence-corrected chi connectivity index (χ1v) is 11.3. The number of pyridine rings is 1. The number of nitrogens with zero attached hydrogens (tertiary/aromatic N) is 3. The molecule has 0 unspecified atom stereocenters. The van der Waals surface area contributed by atoms with Crippen LogP contribution in [0, 0.1) is 6.92 Å². The number of fused-ring (bicyclic) bond motifs is 1. The van der Waals surface area contributed by atoms with Gasteiger partial charge in [-0.3, -0.25) is 4.79 Å². The van der Waals surface area contributed by atoms with Gasteiger partial charge in [0.2, 0.25) is 5.91 Å². The number of hydrogen-bond acceptors (Lipinski definition) is 7. The molecule has 0 atom stereocenters. The summed E-state index contributed by atoms with van der Waals surface area (Å²) in [4.78, 5) is 30.2. The van der Waals surface area contributed by atoms with Crippen molar-refractivity contribution in [3.63, 3.8) is 0 Å². The molecule has 1 amide bonds. The molecule has 0 radical (unpaired) electrons. The number of carbonyl (C=O) groups is 2. The molecule has 184 valence electrons. The maximum absolute atomic E-state index is 12.8. The quantitative estimate of drug-likeness (QED) is 0.287. The number of hydrogen-bond donors (Lipinski definition) is 1. The van der Waals surface area contributed by atoms with Crippen molar-refractivity contribution in [1.29, 1.82) is 0 Å². The normalized spacial score (nSPS) is 11.0. The fraction of sp³-hybridized carbons (Fsp3) is 0.185. The average molecular weight is 487 g/mol. The van der Waals surface area contributed by atoms with Crippen molar-refractivity contribution in [1.82, 2.24) is 14.8 Å². The zero-order valence-electron chi connectivity index (χ0n) is 20.4. The molecule has 2 heterocycles. The van der Waals surface area contributed by atoms with E-state index in [-0.39, 0.29) is 18.0 Å². The van der Waals surface area contributed by atoms with Crippen molar-refractivity contribution in [2.75, 3.05) is 26.1 Å². The fourth-order valence-electron chi connectivity index (χ4n) is 3.69. The van der Waals surface area contributed by atoms with Gasteiger partial charge in [0.1, 0.15) is 22.6 Å². The Hall–Kier alpha value is -4.66. The van der Waals surface area contributed by atoms with E-state index in [9.17, 15) is 9.59 Å². The predicted octanol–water partition coefficient (Wildman–Crippen LogP) is 4.57. The van der Waals surface area contributed by atoms with E-state index in [0.717, 1.165) is 22.3 Å². The van der Waals surface area contributed by atoms with Crippen LogP contribution in [-0.4, -0.2) is 47.5 Å². The van der Waals surface area contributed by atoms with Crippen LogP contribution < -0.4 is 14.8 Å². The summed E-state index contributed by atoms with van der Waals surface area (Å²) in [5.41, 5.74) is 2.49. The predicted molar refractivity (Wildman–Crippen MR) is 137 cm³/mol. The molecular formula is C27H26N4O5. The molecule has 0 aliphatic heterocycles. The molecule has 0 spiro atoms. The summed E-state index contributed by atoms with van der Waals surface area (Å²) in [6.07, 6.45) is 4.38. The van der Waals surface area contributed by atoms with Gasteiger partial charge in [-0.25, -0.2) is 9.78 Å². The van der Waals surface area contributed by atoms with E-state index in [2.05, 4.69) is 10.4 Å². The summed E-state index contributed by atoms with van der Waals surface area (Å²) in [6, 6.07) is 14.7. The molecule has 0 bridgehead atoms. The van der Waals surface area contributed by atoms with Gasteiger partial charge in [0.05, 0.1) is 27.0 Å². The third-order valence-corrected chi connectivity index (χ3v) is 5.48. The lowest BCUT2D eigenvalue weighted by molar-refractivity contribution is -0.111. The summed E-state index contributed by atoms with van der Waals surface area (Å²) in [6.45, 7) is 3.83. The highest BCUT2D eigenvalue weighted by Crippen LogP contribution is 2.29. The number of methoxy groups -OCH3 is 2. The number of carbonyl (C=O) groups excluding carboxylic acids is 2. The van der Waals surface area contributed by atoms with Crippen molar-refractivity contribution >= 4 is 34.7 Å². The van der Waals surface area contributed by atoms with Gasteiger partial charge in [-0.1, -0.05) is 24.3 Å². The summed E-state index contributed by atoms with van der Waals surface area (Å²) in [5.74, 6) is 0.826. The Kier molecular flexibility index (Phi) is 7.29. The lowest BCUT2D eigenvalue weighted by atomic mass is 10.1. The number of aryl methyl sites for hydroxylation is 1. The van der Waals surface area contributed by atoms with Crippen LogP contribution in [0.25, 0.3) is 22.8 Å². The molecule has 36 heavy (non-hydrogen) atoms. The van der Waals surface area contributed by atoms with E-state index >= 15 is 0 Å². The molecule has 0 saturated carbocycles. The summed E-state index contributed by atoms with van der Waals surface area (Å²) in [5, 5.41) is 8.03. The van der Waals surface area contributed by atoms with Crippen molar-refractivity contribution in [2.45, 2.75) is 13.8 Å². The molecule has 0 aliphatic carbocycles. The van der Waals surface area contributed by atoms with Crippen LogP contribution in [0.3, 0.4) is 0 Å². The van der Waals surface area contributed by atoms with Crippen LogP contribution in [0.1, 0.15) is 28.4 Å². The Bertz CT molecular complexity index is 1440. The summed E-state index contributed by atoms with van der Waals surface area (Å²) < 4.78 is 17.2. The minimum Gasteiger partial charge on any atom is -0.497 e. The smallest absolute Gasteiger partial charge is 0.343 e. The molecule has 2 aromatic heterocycles. The lowest BCUT2D eigenvalue weighted by Crippen LogP contribution is -2.16. The van der Waals surface area contributed by atoms with Crippen LogP contribution in [0.4, 0.5) is 5.82 Å². The first-order chi connectivity index (χ1) is 17.4. The molecule has 4 rings (SSSR count). The van der Waals surface area contributed by atoms with Crippen molar-refractivity contribution in [3.8, 4) is 17.3 Å². The summed E-state index contributed by atoms with van der Waals surface area (Å²) >= 11 is 0. The van der Waals surface area contributed by atoms with Gasteiger partial charge in [0.25, 0.3) is 0 Å². The molecule has 0 fully saturated rings. The highest BCUT2D eigenvalue weighted by molar-refractivity contribution is 6.06. The van der Waals surface area contributed by atoms with Gasteiger partial charge in [0.15, 0.2) is 11.6 Å². The van der Waals surface area contributed by atoms with Crippen molar-refractivity contribution < 1.29 is 23.8 Å². The number of amides is 1.